The molecule has 1 aliphatic rings. The van der Waals surface area contributed by atoms with Gasteiger partial charge < -0.3 is 14.4 Å². The van der Waals surface area contributed by atoms with E-state index < -0.39 is 0 Å². The number of hydrogen-bond donors (Lipinski definition) is 0. The Kier molecular flexibility index (Phi) is 4.88. The molecule has 1 heterocycles. The maximum atomic E-state index is 11.5. The molecule has 0 N–H and O–H groups in total. The quantitative estimate of drug-likeness (QED) is 0.829. The number of benzene rings is 1. The van der Waals surface area contributed by atoms with Crippen molar-refractivity contribution < 1.29 is 14.3 Å². The molecule has 4 heteroatoms. The van der Waals surface area contributed by atoms with Crippen LogP contribution in [0.5, 0.6) is 11.5 Å². The third-order valence-electron chi connectivity index (χ3n) is 3.54. The molecule has 110 valence electrons. The number of piperidine rings is 1. The molecule has 4 nitrogen and oxygen atoms in total. The summed E-state index contributed by atoms with van der Waals surface area (Å²) in [6, 6.07) is 6.10. The van der Waals surface area contributed by atoms with Gasteiger partial charge in [0, 0.05) is 31.5 Å². The molecule has 1 saturated heterocycles. The molecule has 1 unspecified atom stereocenters. The average molecular weight is 277 g/mol. The minimum atomic E-state index is 0.201. The molecule has 0 spiro atoms. The highest BCUT2D eigenvalue weighted by Gasteiger charge is 2.26. The molecule has 2 rings (SSSR count). The number of Topliss-reactive ketones (excluding diaryl/α,β-unsaturated/α-hetero) is 1. The summed E-state index contributed by atoms with van der Waals surface area (Å²) in [5, 5.41) is 0. The minimum absolute atomic E-state index is 0.201. The predicted molar refractivity (Wildman–Crippen MR) is 79.8 cm³/mol. The highest BCUT2D eigenvalue weighted by molar-refractivity contribution is 5.82. The predicted octanol–water partition coefficient (Wildman–Crippen LogP) is 3.04. The fourth-order valence-electron chi connectivity index (χ4n) is 2.62. The molecule has 1 aromatic carbocycles. The fourth-order valence-corrected chi connectivity index (χ4v) is 2.62. The number of ketones is 1. The van der Waals surface area contributed by atoms with Crippen LogP contribution in [0.15, 0.2) is 18.2 Å². The van der Waals surface area contributed by atoms with Crippen molar-refractivity contribution >= 4 is 11.5 Å². The first-order chi connectivity index (χ1) is 9.65. The van der Waals surface area contributed by atoms with Crippen molar-refractivity contribution in [2.45, 2.75) is 39.7 Å². The standard InChI is InChI=1S/C16H23NO3/c1-4-19-14-6-7-16(20-5-2)15(11-14)17-9-8-13(18)10-12(17)3/h6-7,11-12H,4-5,8-10H2,1-3H3. The maximum absolute atomic E-state index is 11.5. The zero-order valence-corrected chi connectivity index (χ0v) is 12.5. The summed E-state index contributed by atoms with van der Waals surface area (Å²) >= 11 is 0. The van der Waals surface area contributed by atoms with Gasteiger partial charge in [0.1, 0.15) is 17.3 Å². The van der Waals surface area contributed by atoms with Crippen LogP contribution in [0.25, 0.3) is 0 Å². The van der Waals surface area contributed by atoms with Gasteiger partial charge in [0.15, 0.2) is 0 Å². The number of carbonyl (C=O) groups is 1. The van der Waals surface area contributed by atoms with E-state index in [9.17, 15) is 4.79 Å². The number of nitrogens with zero attached hydrogens (tertiary/aromatic N) is 1. The smallest absolute Gasteiger partial charge is 0.142 e. The SMILES string of the molecule is CCOc1ccc(OCC)c(N2CCC(=O)CC2C)c1. The molecule has 1 atom stereocenters. The van der Waals surface area contributed by atoms with E-state index in [0.717, 1.165) is 23.7 Å². The van der Waals surface area contributed by atoms with Crippen molar-refractivity contribution in [2.24, 2.45) is 0 Å². The number of rotatable bonds is 5. The van der Waals surface area contributed by atoms with Gasteiger partial charge in [-0.25, -0.2) is 0 Å². The van der Waals surface area contributed by atoms with E-state index in [1.54, 1.807) is 0 Å². The summed E-state index contributed by atoms with van der Waals surface area (Å²) < 4.78 is 11.3. The third kappa shape index (κ3) is 3.24. The van der Waals surface area contributed by atoms with Crippen LogP contribution in [0, 0.1) is 0 Å². The summed E-state index contributed by atoms with van der Waals surface area (Å²) in [7, 11) is 0. The summed E-state index contributed by atoms with van der Waals surface area (Å²) in [4.78, 5) is 13.8. The fraction of sp³-hybridized carbons (Fsp3) is 0.562. The molecule has 20 heavy (non-hydrogen) atoms. The van der Waals surface area contributed by atoms with Crippen molar-refractivity contribution in [3.63, 3.8) is 0 Å². The zero-order chi connectivity index (χ0) is 14.5. The van der Waals surface area contributed by atoms with Gasteiger partial charge in [-0.2, -0.15) is 0 Å². The molecule has 1 fully saturated rings. The lowest BCUT2D eigenvalue weighted by molar-refractivity contribution is -0.120. The van der Waals surface area contributed by atoms with E-state index in [-0.39, 0.29) is 6.04 Å². The molecular formula is C16H23NO3. The zero-order valence-electron chi connectivity index (χ0n) is 12.5. The maximum Gasteiger partial charge on any atom is 0.142 e. The first-order valence-electron chi connectivity index (χ1n) is 7.33. The Hall–Kier alpha value is -1.71. The molecule has 0 saturated carbocycles. The number of ether oxygens (including phenoxy) is 2. The summed E-state index contributed by atoms with van der Waals surface area (Å²) in [5.74, 6) is 2.04. The Bertz CT molecular complexity index is 473. The average Bonchev–Trinajstić information content (AvgIpc) is 2.41. The normalized spacial score (nSPS) is 19.1. The van der Waals surface area contributed by atoms with Crippen LogP contribution in [-0.4, -0.2) is 31.6 Å². The van der Waals surface area contributed by atoms with Crippen LogP contribution < -0.4 is 14.4 Å². The lowest BCUT2D eigenvalue weighted by atomic mass is 10.0. The largest absolute Gasteiger partial charge is 0.494 e. The van der Waals surface area contributed by atoms with Gasteiger partial charge in [-0.1, -0.05) is 0 Å². The van der Waals surface area contributed by atoms with Crippen molar-refractivity contribution in [3.05, 3.63) is 18.2 Å². The van der Waals surface area contributed by atoms with Gasteiger partial charge in [-0.3, -0.25) is 4.79 Å². The number of carbonyl (C=O) groups excluding carboxylic acids is 1. The lowest BCUT2D eigenvalue weighted by Crippen LogP contribution is -2.41. The molecule has 1 aliphatic heterocycles. The van der Waals surface area contributed by atoms with E-state index >= 15 is 0 Å². The van der Waals surface area contributed by atoms with Gasteiger partial charge in [-0.15, -0.1) is 0 Å². The second-order valence-corrected chi connectivity index (χ2v) is 5.03. The number of hydrogen-bond acceptors (Lipinski definition) is 4. The van der Waals surface area contributed by atoms with Crippen LogP contribution >= 0.6 is 0 Å². The molecule has 0 aliphatic carbocycles. The number of anilines is 1. The van der Waals surface area contributed by atoms with Gasteiger partial charge in [0.05, 0.1) is 18.9 Å². The van der Waals surface area contributed by atoms with Crippen LogP contribution in [0.2, 0.25) is 0 Å². The first-order valence-corrected chi connectivity index (χ1v) is 7.33. The van der Waals surface area contributed by atoms with Gasteiger partial charge in [-0.05, 0) is 32.9 Å². The van der Waals surface area contributed by atoms with E-state index in [2.05, 4.69) is 11.8 Å². The molecule has 1 aromatic rings. The monoisotopic (exact) mass is 277 g/mol. The van der Waals surface area contributed by atoms with Gasteiger partial charge in [0.25, 0.3) is 0 Å². The topological polar surface area (TPSA) is 38.8 Å². The molecule has 0 bridgehead atoms. The van der Waals surface area contributed by atoms with Crippen molar-refractivity contribution in [3.8, 4) is 11.5 Å². The Balaban J connectivity index is 2.30. The molecule has 0 amide bonds. The van der Waals surface area contributed by atoms with E-state index in [4.69, 9.17) is 9.47 Å². The van der Waals surface area contributed by atoms with E-state index in [1.807, 2.05) is 32.0 Å². The summed E-state index contributed by atoms with van der Waals surface area (Å²) in [6.07, 6.45) is 1.21. The highest BCUT2D eigenvalue weighted by atomic mass is 16.5. The second kappa shape index (κ2) is 6.64. The Labute approximate surface area is 120 Å². The second-order valence-electron chi connectivity index (χ2n) is 5.03. The Morgan fingerprint density at radius 2 is 2.00 bits per heavy atom. The van der Waals surface area contributed by atoms with Crippen LogP contribution in [0.1, 0.15) is 33.6 Å². The molecule has 0 aromatic heterocycles. The van der Waals surface area contributed by atoms with E-state index in [0.29, 0.717) is 31.8 Å². The van der Waals surface area contributed by atoms with E-state index in [1.165, 1.54) is 0 Å². The molecule has 0 radical (unpaired) electrons. The van der Waals surface area contributed by atoms with Crippen molar-refractivity contribution in [2.75, 3.05) is 24.7 Å². The van der Waals surface area contributed by atoms with Gasteiger partial charge >= 0.3 is 0 Å². The highest BCUT2D eigenvalue weighted by Crippen LogP contribution is 2.35. The summed E-state index contributed by atoms with van der Waals surface area (Å²) in [5.41, 5.74) is 1.03. The van der Waals surface area contributed by atoms with Crippen LogP contribution in [0.3, 0.4) is 0 Å². The van der Waals surface area contributed by atoms with Gasteiger partial charge in [0.2, 0.25) is 0 Å². The molecular weight excluding hydrogens is 254 g/mol. The van der Waals surface area contributed by atoms with Crippen molar-refractivity contribution in [1.29, 1.82) is 0 Å². The summed E-state index contributed by atoms with van der Waals surface area (Å²) in [6.45, 7) is 8.04. The van der Waals surface area contributed by atoms with Crippen LogP contribution in [0.4, 0.5) is 5.69 Å². The van der Waals surface area contributed by atoms with Crippen LogP contribution in [-0.2, 0) is 4.79 Å². The first kappa shape index (κ1) is 14.7. The van der Waals surface area contributed by atoms with Crippen molar-refractivity contribution in [1.82, 2.24) is 0 Å². The Morgan fingerprint density at radius 3 is 2.65 bits per heavy atom. The third-order valence-corrected chi connectivity index (χ3v) is 3.54. The Morgan fingerprint density at radius 1 is 1.25 bits per heavy atom. The minimum Gasteiger partial charge on any atom is -0.494 e. The lowest BCUT2D eigenvalue weighted by Gasteiger charge is -2.35.